The van der Waals surface area contributed by atoms with Crippen LogP contribution >= 0.6 is 0 Å². The number of nitrogens with one attached hydrogen (secondary N) is 1. The molecule has 100 valence electrons. The first kappa shape index (κ1) is 13.3. The van der Waals surface area contributed by atoms with E-state index in [1.54, 1.807) is 6.07 Å². The van der Waals surface area contributed by atoms with Gasteiger partial charge in [-0.1, -0.05) is 18.2 Å². The molecular formula is C13H15F4N. The number of rotatable bonds is 2. The van der Waals surface area contributed by atoms with Crippen LogP contribution in [0.3, 0.4) is 0 Å². The lowest BCUT2D eigenvalue weighted by Crippen LogP contribution is -2.30. The van der Waals surface area contributed by atoms with Crippen LogP contribution in [0, 0.1) is 5.92 Å². The monoisotopic (exact) mass is 261 g/mol. The average molecular weight is 261 g/mol. The molecule has 2 rings (SSSR count). The zero-order valence-electron chi connectivity index (χ0n) is 10.0. The Balaban J connectivity index is 2.15. The van der Waals surface area contributed by atoms with Gasteiger partial charge in [0.25, 0.3) is 0 Å². The highest BCUT2D eigenvalue weighted by atomic mass is 19.4. The molecule has 0 bridgehead atoms. The van der Waals surface area contributed by atoms with E-state index < -0.39 is 17.4 Å². The molecule has 1 aromatic rings. The summed E-state index contributed by atoms with van der Waals surface area (Å²) in [7, 11) is 0. The predicted octanol–water partition coefficient (Wildman–Crippen LogP) is 3.20. The standard InChI is InChI=1S/C13H15F4N/c1-12(14)8-18-7-11(12)6-9-3-2-4-10(5-9)13(15,16)17/h2-5,11,18H,6-8H2,1H3. The van der Waals surface area contributed by atoms with Crippen LogP contribution in [0.5, 0.6) is 0 Å². The first-order chi connectivity index (χ1) is 8.29. The molecule has 1 saturated heterocycles. The van der Waals surface area contributed by atoms with Crippen molar-refractivity contribution in [3.8, 4) is 0 Å². The highest BCUT2D eigenvalue weighted by Gasteiger charge is 2.39. The van der Waals surface area contributed by atoms with Crippen molar-refractivity contribution in [1.82, 2.24) is 5.32 Å². The molecule has 2 unspecified atom stereocenters. The Labute approximate surface area is 103 Å². The number of alkyl halides is 4. The van der Waals surface area contributed by atoms with E-state index >= 15 is 0 Å². The van der Waals surface area contributed by atoms with Crippen molar-refractivity contribution in [2.75, 3.05) is 13.1 Å². The molecular weight excluding hydrogens is 246 g/mol. The van der Waals surface area contributed by atoms with E-state index in [4.69, 9.17) is 0 Å². The zero-order valence-corrected chi connectivity index (χ0v) is 10.0. The maximum atomic E-state index is 14.0. The molecule has 0 amide bonds. The fourth-order valence-corrected chi connectivity index (χ4v) is 2.29. The molecule has 0 saturated carbocycles. The van der Waals surface area contributed by atoms with Crippen molar-refractivity contribution < 1.29 is 17.6 Å². The summed E-state index contributed by atoms with van der Waals surface area (Å²) in [5.41, 5.74) is -1.50. The molecule has 5 heteroatoms. The quantitative estimate of drug-likeness (QED) is 0.806. The molecule has 1 N–H and O–H groups in total. The maximum Gasteiger partial charge on any atom is 0.416 e. The van der Waals surface area contributed by atoms with Crippen molar-refractivity contribution in [2.45, 2.75) is 25.2 Å². The average Bonchev–Trinajstić information content (AvgIpc) is 2.58. The summed E-state index contributed by atoms with van der Waals surface area (Å²) >= 11 is 0. The van der Waals surface area contributed by atoms with E-state index in [2.05, 4.69) is 5.32 Å². The molecule has 1 aromatic carbocycles. The second-order valence-corrected chi connectivity index (χ2v) is 5.01. The Morgan fingerprint density at radius 2 is 2.11 bits per heavy atom. The summed E-state index contributed by atoms with van der Waals surface area (Å²) in [5, 5.41) is 2.93. The van der Waals surface area contributed by atoms with Gasteiger partial charge in [0.15, 0.2) is 0 Å². The second kappa shape index (κ2) is 4.53. The molecule has 0 radical (unpaired) electrons. The molecule has 0 aromatic heterocycles. The zero-order chi connectivity index (χ0) is 13.4. The van der Waals surface area contributed by atoms with Crippen LogP contribution in [0.25, 0.3) is 0 Å². The smallest absolute Gasteiger partial charge is 0.313 e. The molecule has 1 fully saturated rings. The minimum atomic E-state index is -4.34. The first-order valence-electron chi connectivity index (χ1n) is 5.85. The van der Waals surface area contributed by atoms with E-state index in [0.717, 1.165) is 12.1 Å². The molecule has 1 aliphatic heterocycles. The van der Waals surface area contributed by atoms with E-state index in [9.17, 15) is 17.6 Å². The van der Waals surface area contributed by atoms with Gasteiger partial charge >= 0.3 is 6.18 Å². The van der Waals surface area contributed by atoms with E-state index in [0.29, 0.717) is 18.5 Å². The van der Waals surface area contributed by atoms with Gasteiger partial charge in [-0.2, -0.15) is 13.2 Å². The third-order valence-corrected chi connectivity index (χ3v) is 3.45. The van der Waals surface area contributed by atoms with Gasteiger partial charge in [-0.05, 0) is 25.0 Å². The van der Waals surface area contributed by atoms with E-state index in [1.807, 2.05) is 0 Å². The van der Waals surface area contributed by atoms with Gasteiger partial charge in [0.1, 0.15) is 5.67 Å². The summed E-state index contributed by atoms with van der Waals surface area (Å²) in [4.78, 5) is 0. The molecule has 1 nitrogen and oxygen atoms in total. The third kappa shape index (κ3) is 2.83. The predicted molar refractivity (Wildman–Crippen MR) is 61.0 cm³/mol. The molecule has 18 heavy (non-hydrogen) atoms. The van der Waals surface area contributed by atoms with Crippen molar-refractivity contribution >= 4 is 0 Å². The number of hydrogen-bond donors (Lipinski definition) is 1. The van der Waals surface area contributed by atoms with Gasteiger partial charge < -0.3 is 5.32 Å². The van der Waals surface area contributed by atoms with Crippen LogP contribution in [0.2, 0.25) is 0 Å². The lowest BCUT2D eigenvalue weighted by atomic mass is 9.88. The lowest BCUT2D eigenvalue weighted by molar-refractivity contribution is -0.137. The molecule has 1 aliphatic rings. The third-order valence-electron chi connectivity index (χ3n) is 3.45. The van der Waals surface area contributed by atoms with Gasteiger partial charge in [0, 0.05) is 19.0 Å². The summed E-state index contributed by atoms with van der Waals surface area (Å²) in [6.45, 7) is 2.26. The Bertz CT molecular complexity index is 425. The fraction of sp³-hybridized carbons (Fsp3) is 0.538. The van der Waals surface area contributed by atoms with Crippen LogP contribution in [0.15, 0.2) is 24.3 Å². The molecule has 2 atom stereocenters. The summed E-state index contributed by atoms with van der Waals surface area (Å²) < 4.78 is 51.7. The number of benzene rings is 1. The van der Waals surface area contributed by atoms with Crippen LogP contribution < -0.4 is 5.32 Å². The van der Waals surface area contributed by atoms with Gasteiger partial charge in [0.2, 0.25) is 0 Å². The van der Waals surface area contributed by atoms with Crippen LogP contribution in [0.1, 0.15) is 18.1 Å². The van der Waals surface area contributed by atoms with Crippen molar-refractivity contribution in [3.05, 3.63) is 35.4 Å². The molecule has 1 heterocycles. The highest BCUT2D eigenvalue weighted by molar-refractivity contribution is 5.26. The van der Waals surface area contributed by atoms with Gasteiger partial charge in [-0.3, -0.25) is 0 Å². The van der Waals surface area contributed by atoms with Gasteiger partial charge in [0.05, 0.1) is 5.56 Å². The Morgan fingerprint density at radius 1 is 1.39 bits per heavy atom. The molecule has 0 spiro atoms. The maximum absolute atomic E-state index is 14.0. The van der Waals surface area contributed by atoms with Crippen molar-refractivity contribution in [1.29, 1.82) is 0 Å². The van der Waals surface area contributed by atoms with Crippen molar-refractivity contribution in [2.24, 2.45) is 5.92 Å². The fourth-order valence-electron chi connectivity index (χ4n) is 2.29. The van der Waals surface area contributed by atoms with E-state index in [1.165, 1.54) is 13.0 Å². The normalized spacial score (nSPS) is 28.6. The number of hydrogen-bond acceptors (Lipinski definition) is 1. The second-order valence-electron chi connectivity index (χ2n) is 5.01. The first-order valence-corrected chi connectivity index (χ1v) is 5.85. The Kier molecular flexibility index (Phi) is 3.36. The summed E-state index contributed by atoms with van der Waals surface area (Å²) in [6.07, 6.45) is -4.02. The Morgan fingerprint density at radius 3 is 2.67 bits per heavy atom. The largest absolute Gasteiger partial charge is 0.416 e. The van der Waals surface area contributed by atoms with Crippen molar-refractivity contribution in [3.63, 3.8) is 0 Å². The van der Waals surface area contributed by atoms with E-state index in [-0.39, 0.29) is 12.5 Å². The SMILES string of the molecule is CC1(F)CNCC1Cc1cccc(C(F)(F)F)c1. The highest BCUT2D eigenvalue weighted by Crippen LogP contribution is 2.32. The minimum Gasteiger partial charge on any atom is -0.313 e. The number of halogens is 4. The summed E-state index contributed by atoms with van der Waals surface area (Å²) in [5.74, 6) is -0.277. The van der Waals surface area contributed by atoms with Crippen LogP contribution in [-0.4, -0.2) is 18.8 Å². The topological polar surface area (TPSA) is 12.0 Å². The van der Waals surface area contributed by atoms with Crippen LogP contribution in [0.4, 0.5) is 17.6 Å². The minimum absolute atomic E-state index is 0.261. The van der Waals surface area contributed by atoms with Gasteiger partial charge in [-0.25, -0.2) is 4.39 Å². The summed E-state index contributed by atoms with van der Waals surface area (Å²) in [6, 6.07) is 5.12. The Hall–Kier alpha value is -1.10. The lowest BCUT2D eigenvalue weighted by Gasteiger charge is -2.21. The molecule has 0 aliphatic carbocycles. The van der Waals surface area contributed by atoms with Crippen LogP contribution in [-0.2, 0) is 12.6 Å². The van der Waals surface area contributed by atoms with Gasteiger partial charge in [-0.15, -0.1) is 0 Å².